The molecule has 0 saturated carbocycles. The minimum Gasteiger partial charge on any atom is -0.437 e. The zero-order valence-corrected chi connectivity index (χ0v) is 21.6. The molecule has 210 valence electrons. The summed E-state index contributed by atoms with van der Waals surface area (Å²) in [5.74, 6) is 0.324. The maximum Gasteiger partial charge on any atom is 0.416 e. The van der Waals surface area contributed by atoms with Gasteiger partial charge in [0.25, 0.3) is 0 Å². The van der Waals surface area contributed by atoms with Crippen LogP contribution in [0.4, 0.5) is 29.2 Å². The van der Waals surface area contributed by atoms with Gasteiger partial charge in [0.2, 0.25) is 11.8 Å². The molecule has 0 amide bonds. The maximum absolute atomic E-state index is 14.7. The van der Waals surface area contributed by atoms with E-state index in [4.69, 9.17) is 4.74 Å². The Hall–Kier alpha value is -4.03. The number of fused-ring (bicyclic) bond motifs is 1. The molecular formula is C28H28F4N6O2. The lowest BCUT2D eigenvalue weighted by molar-refractivity contribution is -0.198. The van der Waals surface area contributed by atoms with Gasteiger partial charge in [-0.25, -0.2) is 19.3 Å². The second kappa shape index (κ2) is 11.6. The molecule has 3 heterocycles. The number of piperidine rings is 1. The first kappa shape index (κ1) is 27.5. The van der Waals surface area contributed by atoms with Crippen molar-refractivity contribution >= 4 is 22.4 Å². The summed E-state index contributed by atoms with van der Waals surface area (Å²) in [6.07, 6.45) is -2.20. The number of rotatable bonds is 8. The van der Waals surface area contributed by atoms with E-state index in [1.165, 1.54) is 6.07 Å². The van der Waals surface area contributed by atoms with E-state index in [2.05, 4.69) is 30.9 Å². The van der Waals surface area contributed by atoms with Crippen LogP contribution in [0.1, 0.15) is 18.4 Å². The molecule has 1 aliphatic rings. The number of halogens is 4. The number of nitrogens with zero attached hydrogens (tertiary/aromatic N) is 3. The van der Waals surface area contributed by atoms with Crippen LogP contribution in [0.15, 0.2) is 54.9 Å². The van der Waals surface area contributed by atoms with Gasteiger partial charge in [-0.05, 0) is 62.2 Å². The first-order valence-electron chi connectivity index (χ1n) is 12.8. The van der Waals surface area contributed by atoms with Gasteiger partial charge in [0.05, 0.1) is 16.9 Å². The fraction of sp³-hybridized carbons (Fsp3) is 0.321. The Morgan fingerprint density at radius 1 is 1.10 bits per heavy atom. The Labute approximate surface area is 227 Å². The molecule has 0 bridgehead atoms. The third kappa shape index (κ3) is 6.07. The zero-order chi connectivity index (χ0) is 28.3. The highest BCUT2D eigenvalue weighted by Gasteiger charge is 2.38. The summed E-state index contributed by atoms with van der Waals surface area (Å²) in [5, 5.41) is 19.3. The monoisotopic (exact) mass is 556 g/mol. The van der Waals surface area contributed by atoms with Crippen molar-refractivity contribution in [1.82, 2.24) is 20.3 Å². The van der Waals surface area contributed by atoms with Gasteiger partial charge in [-0.1, -0.05) is 12.1 Å². The van der Waals surface area contributed by atoms with E-state index < -0.39 is 24.6 Å². The van der Waals surface area contributed by atoms with Crippen molar-refractivity contribution in [1.29, 1.82) is 0 Å². The van der Waals surface area contributed by atoms with Crippen LogP contribution in [0.25, 0.3) is 22.0 Å². The number of aryl methyl sites for hydroxylation is 1. The van der Waals surface area contributed by atoms with E-state index in [1.54, 1.807) is 43.6 Å². The van der Waals surface area contributed by atoms with Gasteiger partial charge in [0.1, 0.15) is 11.6 Å². The van der Waals surface area contributed by atoms with Crippen LogP contribution < -0.4 is 20.7 Å². The predicted molar refractivity (Wildman–Crippen MR) is 144 cm³/mol. The van der Waals surface area contributed by atoms with Gasteiger partial charge in [0, 0.05) is 42.3 Å². The average Bonchev–Trinajstić information content (AvgIpc) is 2.94. The number of nitrogens with one attached hydrogen (secondary N) is 3. The SMILES string of the molecule is Cc1ccc2c(NCC(O)C(F)(F)F)c(F)ccc2c1Oc1ncccc1-c1ccnc(NC2CCCNC2)n1. The summed E-state index contributed by atoms with van der Waals surface area (Å²) >= 11 is 0. The minimum atomic E-state index is -4.84. The number of ether oxygens (including phenoxy) is 1. The molecule has 12 heteroatoms. The second-order valence-corrected chi connectivity index (χ2v) is 9.58. The molecule has 2 unspecified atom stereocenters. The summed E-state index contributed by atoms with van der Waals surface area (Å²) < 4.78 is 59.5. The minimum absolute atomic E-state index is 0.171. The molecule has 2 aromatic carbocycles. The highest BCUT2D eigenvalue weighted by Crippen LogP contribution is 2.39. The van der Waals surface area contributed by atoms with E-state index in [0.29, 0.717) is 39.3 Å². The molecule has 1 aliphatic heterocycles. The van der Waals surface area contributed by atoms with Crippen molar-refractivity contribution < 1.29 is 27.4 Å². The lowest BCUT2D eigenvalue weighted by Gasteiger charge is -2.23. The van der Waals surface area contributed by atoms with Crippen molar-refractivity contribution in [3.63, 3.8) is 0 Å². The van der Waals surface area contributed by atoms with Gasteiger partial charge in [0.15, 0.2) is 6.10 Å². The van der Waals surface area contributed by atoms with E-state index in [-0.39, 0.29) is 17.6 Å². The molecule has 8 nitrogen and oxygen atoms in total. The van der Waals surface area contributed by atoms with Crippen molar-refractivity contribution in [2.45, 2.75) is 38.1 Å². The summed E-state index contributed by atoms with van der Waals surface area (Å²) in [4.78, 5) is 13.4. The van der Waals surface area contributed by atoms with E-state index in [9.17, 15) is 22.7 Å². The number of aromatic nitrogens is 3. The molecule has 2 aromatic heterocycles. The topological polar surface area (TPSA) is 104 Å². The largest absolute Gasteiger partial charge is 0.437 e. The van der Waals surface area contributed by atoms with Crippen molar-refractivity contribution in [3.8, 4) is 22.9 Å². The van der Waals surface area contributed by atoms with Crippen LogP contribution in [0.3, 0.4) is 0 Å². The van der Waals surface area contributed by atoms with Gasteiger partial charge < -0.3 is 25.8 Å². The van der Waals surface area contributed by atoms with E-state index in [0.717, 1.165) is 32.0 Å². The van der Waals surface area contributed by atoms with Crippen LogP contribution in [-0.4, -0.2) is 58.0 Å². The molecule has 1 saturated heterocycles. The van der Waals surface area contributed by atoms with Crippen molar-refractivity contribution in [3.05, 3.63) is 66.2 Å². The van der Waals surface area contributed by atoms with Crippen LogP contribution in [0, 0.1) is 12.7 Å². The number of anilines is 2. The maximum atomic E-state index is 14.7. The Balaban J connectivity index is 1.47. The average molecular weight is 557 g/mol. The Morgan fingerprint density at radius 2 is 1.93 bits per heavy atom. The number of pyridine rings is 1. The Morgan fingerprint density at radius 3 is 2.70 bits per heavy atom. The van der Waals surface area contributed by atoms with Crippen molar-refractivity contribution in [2.24, 2.45) is 0 Å². The lowest BCUT2D eigenvalue weighted by atomic mass is 10.0. The summed E-state index contributed by atoms with van der Waals surface area (Å²) in [7, 11) is 0. The smallest absolute Gasteiger partial charge is 0.416 e. The number of hydrogen-bond acceptors (Lipinski definition) is 8. The first-order chi connectivity index (χ1) is 19.2. The Kier molecular flexibility index (Phi) is 7.99. The molecule has 0 radical (unpaired) electrons. The second-order valence-electron chi connectivity index (χ2n) is 9.58. The number of aliphatic hydroxyl groups is 1. The molecule has 5 rings (SSSR count). The molecule has 0 spiro atoms. The molecule has 0 aliphatic carbocycles. The van der Waals surface area contributed by atoms with Gasteiger partial charge in [-0.3, -0.25) is 0 Å². The first-order valence-corrected chi connectivity index (χ1v) is 12.8. The molecular weight excluding hydrogens is 528 g/mol. The molecule has 4 N–H and O–H groups in total. The fourth-order valence-corrected chi connectivity index (χ4v) is 4.59. The van der Waals surface area contributed by atoms with Crippen LogP contribution in [0.2, 0.25) is 0 Å². The van der Waals surface area contributed by atoms with Gasteiger partial charge >= 0.3 is 6.18 Å². The summed E-state index contributed by atoms with van der Waals surface area (Å²) in [5.41, 5.74) is 1.71. The fourth-order valence-electron chi connectivity index (χ4n) is 4.59. The van der Waals surface area contributed by atoms with Crippen molar-refractivity contribution in [2.75, 3.05) is 30.3 Å². The van der Waals surface area contributed by atoms with Crippen LogP contribution >= 0.6 is 0 Å². The number of aliphatic hydroxyl groups excluding tert-OH is 1. The van der Waals surface area contributed by atoms with Crippen LogP contribution in [0.5, 0.6) is 11.6 Å². The predicted octanol–water partition coefficient (Wildman–Crippen LogP) is 5.43. The molecule has 1 fully saturated rings. The normalized spacial score (nSPS) is 16.5. The highest BCUT2D eigenvalue weighted by molar-refractivity contribution is 5.99. The van der Waals surface area contributed by atoms with E-state index in [1.807, 2.05) is 6.07 Å². The zero-order valence-electron chi connectivity index (χ0n) is 21.6. The van der Waals surface area contributed by atoms with Gasteiger partial charge in [-0.15, -0.1) is 0 Å². The number of benzene rings is 2. The number of hydrogen-bond donors (Lipinski definition) is 4. The summed E-state index contributed by atoms with van der Waals surface area (Å²) in [6, 6.07) is 11.4. The Bertz CT molecular complexity index is 1490. The third-order valence-corrected chi connectivity index (χ3v) is 6.68. The lowest BCUT2D eigenvalue weighted by Crippen LogP contribution is -2.38. The van der Waals surface area contributed by atoms with E-state index >= 15 is 0 Å². The van der Waals surface area contributed by atoms with Crippen LogP contribution in [-0.2, 0) is 0 Å². The number of alkyl halides is 3. The quantitative estimate of drug-likeness (QED) is 0.213. The molecule has 40 heavy (non-hydrogen) atoms. The standard InChI is InChI=1S/C28H28F4N6O2/c1-16-6-7-18-19(8-9-21(29)24(18)36-15-23(39)28(30,31)32)25(16)40-26-20(5-3-12-34-26)22-10-13-35-27(38-22)37-17-4-2-11-33-14-17/h3,5-10,12-13,17,23,33,36,39H,2,4,11,14-15H2,1H3,(H,35,37,38). The van der Waals surface area contributed by atoms with Gasteiger partial charge in [-0.2, -0.15) is 13.2 Å². The molecule has 2 atom stereocenters. The highest BCUT2D eigenvalue weighted by atomic mass is 19.4. The molecule has 4 aromatic rings. The summed E-state index contributed by atoms with van der Waals surface area (Å²) in [6.45, 7) is 2.70. The third-order valence-electron chi connectivity index (χ3n) is 6.68.